The molecule has 1 aliphatic rings. The van der Waals surface area contributed by atoms with Crippen LogP contribution in [0.25, 0.3) is 0 Å². The number of hydrogen-bond acceptors (Lipinski definition) is 4. The summed E-state index contributed by atoms with van der Waals surface area (Å²) < 4.78 is 4.99. The summed E-state index contributed by atoms with van der Waals surface area (Å²) in [6, 6.07) is 0.297. The van der Waals surface area contributed by atoms with Crippen LogP contribution in [0, 0.1) is 0 Å². The first-order chi connectivity index (χ1) is 5.77. The number of methoxy groups -OCH3 is 1. The van der Waals surface area contributed by atoms with Crippen molar-refractivity contribution in [2.45, 2.75) is 25.1 Å². The Labute approximate surface area is 72.7 Å². The number of hydrogen-bond donors (Lipinski definition) is 1. The average Bonchev–Trinajstić information content (AvgIpc) is 2.10. The Hall–Kier alpha value is -0.450. The standard InChI is InChI=1S/C8H16N2O2/c1-12-8(6-11)10-4-2-7(9)3-5-10/h6-8H,2-5,9H2,1H3. The van der Waals surface area contributed by atoms with Gasteiger partial charge in [0.15, 0.2) is 12.5 Å². The second-order valence-electron chi connectivity index (χ2n) is 3.14. The lowest BCUT2D eigenvalue weighted by atomic mass is 10.1. The van der Waals surface area contributed by atoms with Crippen LogP contribution < -0.4 is 5.73 Å². The van der Waals surface area contributed by atoms with Crippen LogP contribution in [0.3, 0.4) is 0 Å². The summed E-state index contributed by atoms with van der Waals surface area (Å²) in [5.74, 6) is 0. The molecule has 0 spiro atoms. The van der Waals surface area contributed by atoms with Crippen molar-refractivity contribution in [3.63, 3.8) is 0 Å². The maximum Gasteiger partial charge on any atom is 0.166 e. The minimum Gasteiger partial charge on any atom is -0.359 e. The van der Waals surface area contributed by atoms with Crippen LogP contribution >= 0.6 is 0 Å². The molecule has 0 bridgehead atoms. The Morgan fingerprint density at radius 2 is 2.17 bits per heavy atom. The third-order valence-corrected chi connectivity index (χ3v) is 2.29. The number of carbonyl (C=O) groups is 1. The zero-order valence-corrected chi connectivity index (χ0v) is 7.40. The molecule has 1 aliphatic heterocycles. The molecule has 0 aromatic heterocycles. The largest absolute Gasteiger partial charge is 0.359 e. The van der Waals surface area contributed by atoms with Gasteiger partial charge in [0.1, 0.15) is 0 Å². The molecular formula is C8H16N2O2. The zero-order valence-electron chi connectivity index (χ0n) is 7.40. The zero-order chi connectivity index (χ0) is 8.97. The number of likely N-dealkylation sites (tertiary alicyclic amines) is 1. The predicted molar refractivity (Wildman–Crippen MR) is 45.6 cm³/mol. The maximum absolute atomic E-state index is 10.5. The van der Waals surface area contributed by atoms with E-state index >= 15 is 0 Å². The molecule has 2 N–H and O–H groups in total. The van der Waals surface area contributed by atoms with Crippen LogP contribution in [-0.2, 0) is 9.53 Å². The van der Waals surface area contributed by atoms with Crippen molar-refractivity contribution in [1.29, 1.82) is 0 Å². The van der Waals surface area contributed by atoms with Gasteiger partial charge >= 0.3 is 0 Å². The smallest absolute Gasteiger partial charge is 0.166 e. The Balaban J connectivity index is 2.37. The highest BCUT2D eigenvalue weighted by Crippen LogP contribution is 2.10. The molecule has 1 atom stereocenters. The predicted octanol–water partition coefficient (Wildman–Crippen LogP) is -0.419. The fourth-order valence-corrected chi connectivity index (χ4v) is 1.46. The van der Waals surface area contributed by atoms with Crippen molar-refractivity contribution < 1.29 is 9.53 Å². The van der Waals surface area contributed by atoms with E-state index in [1.807, 2.05) is 4.90 Å². The molecular weight excluding hydrogens is 156 g/mol. The van der Waals surface area contributed by atoms with Crippen LogP contribution in [0.4, 0.5) is 0 Å². The minimum atomic E-state index is -0.377. The van der Waals surface area contributed by atoms with Crippen molar-refractivity contribution in [1.82, 2.24) is 4.90 Å². The number of ether oxygens (including phenoxy) is 1. The molecule has 1 unspecified atom stereocenters. The van der Waals surface area contributed by atoms with E-state index < -0.39 is 0 Å². The highest BCUT2D eigenvalue weighted by atomic mass is 16.5. The van der Waals surface area contributed by atoms with Crippen molar-refractivity contribution >= 4 is 6.29 Å². The van der Waals surface area contributed by atoms with Gasteiger partial charge in [0.2, 0.25) is 0 Å². The summed E-state index contributed by atoms with van der Waals surface area (Å²) in [5.41, 5.74) is 5.72. The number of nitrogens with two attached hydrogens (primary N) is 1. The minimum absolute atomic E-state index is 0.297. The fourth-order valence-electron chi connectivity index (χ4n) is 1.46. The molecule has 0 aliphatic carbocycles. The molecule has 4 nitrogen and oxygen atoms in total. The van der Waals surface area contributed by atoms with Gasteiger partial charge < -0.3 is 10.5 Å². The number of piperidine rings is 1. The van der Waals surface area contributed by atoms with Gasteiger partial charge in [-0.1, -0.05) is 0 Å². The molecule has 1 fully saturated rings. The molecule has 1 heterocycles. The van der Waals surface area contributed by atoms with E-state index in [-0.39, 0.29) is 6.23 Å². The number of nitrogens with zero attached hydrogens (tertiary/aromatic N) is 1. The van der Waals surface area contributed by atoms with Crippen molar-refractivity contribution in [3.8, 4) is 0 Å². The van der Waals surface area contributed by atoms with Gasteiger partial charge in [-0.25, -0.2) is 0 Å². The summed E-state index contributed by atoms with van der Waals surface area (Å²) in [6.45, 7) is 1.72. The normalized spacial score (nSPS) is 23.8. The monoisotopic (exact) mass is 172 g/mol. The van der Waals surface area contributed by atoms with E-state index in [0.29, 0.717) is 6.04 Å². The van der Waals surface area contributed by atoms with Gasteiger partial charge in [0.25, 0.3) is 0 Å². The third-order valence-electron chi connectivity index (χ3n) is 2.29. The Kier molecular flexibility index (Phi) is 3.65. The SMILES string of the molecule is COC(C=O)N1CCC(N)CC1. The molecule has 0 aromatic carbocycles. The highest BCUT2D eigenvalue weighted by molar-refractivity contribution is 5.55. The van der Waals surface area contributed by atoms with Crippen molar-refractivity contribution in [3.05, 3.63) is 0 Å². The molecule has 0 amide bonds. The van der Waals surface area contributed by atoms with E-state index in [2.05, 4.69) is 0 Å². The third kappa shape index (κ3) is 2.27. The summed E-state index contributed by atoms with van der Waals surface area (Å²) >= 11 is 0. The summed E-state index contributed by atoms with van der Waals surface area (Å²) in [6.07, 6.45) is 2.36. The second-order valence-corrected chi connectivity index (χ2v) is 3.14. The van der Waals surface area contributed by atoms with Crippen LogP contribution in [-0.4, -0.2) is 43.7 Å². The first-order valence-corrected chi connectivity index (χ1v) is 4.25. The number of carbonyl (C=O) groups excluding carboxylic acids is 1. The van der Waals surface area contributed by atoms with E-state index in [4.69, 9.17) is 10.5 Å². The average molecular weight is 172 g/mol. The highest BCUT2D eigenvalue weighted by Gasteiger charge is 2.22. The van der Waals surface area contributed by atoms with Gasteiger partial charge in [-0.3, -0.25) is 9.69 Å². The van der Waals surface area contributed by atoms with Crippen LogP contribution in [0.5, 0.6) is 0 Å². The molecule has 0 aromatic rings. The van der Waals surface area contributed by atoms with Gasteiger partial charge in [-0.2, -0.15) is 0 Å². The Morgan fingerprint density at radius 1 is 1.58 bits per heavy atom. The molecule has 0 saturated carbocycles. The van der Waals surface area contributed by atoms with E-state index in [0.717, 1.165) is 32.2 Å². The Morgan fingerprint density at radius 3 is 2.58 bits per heavy atom. The molecule has 4 heteroatoms. The summed E-state index contributed by atoms with van der Waals surface area (Å²) in [4.78, 5) is 12.5. The first-order valence-electron chi connectivity index (χ1n) is 4.25. The van der Waals surface area contributed by atoms with Crippen molar-refractivity contribution in [2.24, 2.45) is 5.73 Å². The topological polar surface area (TPSA) is 55.6 Å². The van der Waals surface area contributed by atoms with E-state index in [1.165, 1.54) is 0 Å². The summed E-state index contributed by atoms with van der Waals surface area (Å²) in [5, 5.41) is 0. The summed E-state index contributed by atoms with van der Waals surface area (Å²) in [7, 11) is 1.55. The fraction of sp³-hybridized carbons (Fsp3) is 0.875. The van der Waals surface area contributed by atoms with Gasteiger partial charge in [-0.15, -0.1) is 0 Å². The first kappa shape index (κ1) is 9.64. The molecule has 0 radical (unpaired) electrons. The van der Waals surface area contributed by atoms with Crippen molar-refractivity contribution in [2.75, 3.05) is 20.2 Å². The lowest BCUT2D eigenvalue weighted by Gasteiger charge is -2.32. The lowest BCUT2D eigenvalue weighted by molar-refractivity contribution is -0.128. The van der Waals surface area contributed by atoms with E-state index in [9.17, 15) is 4.79 Å². The maximum atomic E-state index is 10.5. The molecule has 1 rings (SSSR count). The van der Waals surface area contributed by atoms with E-state index in [1.54, 1.807) is 7.11 Å². The number of rotatable bonds is 3. The van der Waals surface area contributed by atoms with Gasteiger partial charge in [0, 0.05) is 26.2 Å². The second kappa shape index (κ2) is 4.54. The molecule has 1 saturated heterocycles. The van der Waals surface area contributed by atoms with Gasteiger partial charge in [0.05, 0.1) is 0 Å². The van der Waals surface area contributed by atoms with Crippen LogP contribution in [0.15, 0.2) is 0 Å². The number of aldehydes is 1. The molecule has 70 valence electrons. The quantitative estimate of drug-likeness (QED) is 0.587. The van der Waals surface area contributed by atoms with Gasteiger partial charge in [-0.05, 0) is 12.8 Å². The molecule has 12 heavy (non-hydrogen) atoms. The van der Waals surface area contributed by atoms with Crippen LogP contribution in [0.1, 0.15) is 12.8 Å². The lowest BCUT2D eigenvalue weighted by Crippen LogP contribution is -2.46. The van der Waals surface area contributed by atoms with Crippen LogP contribution in [0.2, 0.25) is 0 Å². The Bertz CT molecular complexity index is 144.